The van der Waals surface area contributed by atoms with Gasteiger partial charge in [-0.1, -0.05) is 30.3 Å². The number of benzene rings is 2. The summed E-state index contributed by atoms with van der Waals surface area (Å²) >= 11 is 0. The molecule has 1 aromatic heterocycles. The first kappa shape index (κ1) is 18.7. The third kappa shape index (κ3) is 3.55. The van der Waals surface area contributed by atoms with E-state index in [-0.39, 0.29) is 0 Å². The highest BCUT2D eigenvalue weighted by molar-refractivity contribution is 5.86. The van der Waals surface area contributed by atoms with Crippen molar-refractivity contribution in [3.63, 3.8) is 0 Å². The molecule has 152 valence electrons. The second kappa shape index (κ2) is 7.83. The lowest BCUT2D eigenvalue weighted by Gasteiger charge is -2.31. The van der Waals surface area contributed by atoms with Crippen molar-refractivity contribution in [1.82, 2.24) is 14.9 Å². The van der Waals surface area contributed by atoms with Crippen LogP contribution >= 0.6 is 0 Å². The molecule has 2 N–H and O–H groups in total. The summed E-state index contributed by atoms with van der Waals surface area (Å²) < 4.78 is 2.55. The monoisotopic (exact) mass is 388 g/mol. The third-order valence-corrected chi connectivity index (χ3v) is 6.90. The molecule has 3 aromatic rings. The van der Waals surface area contributed by atoms with Crippen molar-refractivity contribution >= 4 is 16.7 Å². The molecule has 0 bridgehead atoms. The fraction of sp³-hybridized carbons (Fsp3) is 0.480. The number of rotatable bonds is 4. The number of aryl methyl sites for hydroxylation is 1. The second-order valence-corrected chi connectivity index (χ2v) is 8.95. The van der Waals surface area contributed by atoms with Crippen LogP contribution in [0.1, 0.15) is 56.1 Å². The quantitative estimate of drug-likeness (QED) is 0.666. The van der Waals surface area contributed by atoms with Gasteiger partial charge in [0.1, 0.15) is 5.82 Å². The molecule has 29 heavy (non-hydrogen) atoms. The van der Waals surface area contributed by atoms with Gasteiger partial charge in [-0.25, -0.2) is 4.98 Å². The molecule has 2 aliphatic rings. The zero-order valence-corrected chi connectivity index (χ0v) is 17.6. The molecule has 2 aliphatic heterocycles. The Hall–Kier alpha value is -2.33. The lowest BCUT2D eigenvalue weighted by Crippen LogP contribution is -2.34. The highest BCUT2D eigenvalue weighted by Crippen LogP contribution is 2.36. The van der Waals surface area contributed by atoms with Crippen LogP contribution in [0.5, 0.6) is 0 Å². The summed E-state index contributed by atoms with van der Waals surface area (Å²) in [6.45, 7) is 6.93. The van der Waals surface area contributed by atoms with E-state index >= 15 is 0 Å². The minimum atomic E-state index is 0.444. The number of aromatic nitrogens is 2. The molecule has 1 saturated heterocycles. The van der Waals surface area contributed by atoms with Crippen LogP contribution in [0.3, 0.4) is 0 Å². The van der Waals surface area contributed by atoms with Crippen molar-refractivity contribution < 1.29 is 0 Å². The van der Waals surface area contributed by atoms with Gasteiger partial charge in [0.25, 0.3) is 0 Å². The Balaban J connectivity index is 1.62. The fourth-order valence-corrected chi connectivity index (χ4v) is 5.21. The molecule has 0 saturated carbocycles. The summed E-state index contributed by atoms with van der Waals surface area (Å²) in [4.78, 5) is 5.26. The zero-order chi connectivity index (χ0) is 19.8. The van der Waals surface area contributed by atoms with Crippen LogP contribution < -0.4 is 10.6 Å². The van der Waals surface area contributed by atoms with E-state index in [0.29, 0.717) is 18.0 Å². The predicted molar refractivity (Wildman–Crippen MR) is 121 cm³/mol. The van der Waals surface area contributed by atoms with Crippen molar-refractivity contribution in [3.05, 3.63) is 59.4 Å². The molecule has 0 amide bonds. The van der Waals surface area contributed by atoms with Gasteiger partial charge >= 0.3 is 0 Å². The van der Waals surface area contributed by atoms with Gasteiger partial charge in [-0.15, -0.1) is 0 Å². The SMILES string of the molecule is C[C@H]([C@H]1CCCNC1)n1c(Cc2ccccc2)nc2c3c(ccc21)N[C@@H](C)CC3. The highest BCUT2D eigenvalue weighted by Gasteiger charge is 2.27. The molecule has 1 fully saturated rings. The molecule has 3 heterocycles. The summed E-state index contributed by atoms with van der Waals surface area (Å²) in [5.41, 5.74) is 6.54. The first-order valence-electron chi connectivity index (χ1n) is 11.2. The summed E-state index contributed by atoms with van der Waals surface area (Å²) in [7, 11) is 0. The van der Waals surface area contributed by atoms with Crippen LogP contribution in [0.25, 0.3) is 11.0 Å². The molecule has 0 spiro atoms. The van der Waals surface area contributed by atoms with E-state index in [0.717, 1.165) is 25.9 Å². The smallest absolute Gasteiger partial charge is 0.114 e. The lowest BCUT2D eigenvalue weighted by molar-refractivity contribution is 0.280. The summed E-state index contributed by atoms with van der Waals surface area (Å²) in [6, 6.07) is 16.3. The molecule has 0 aliphatic carbocycles. The Morgan fingerprint density at radius 1 is 1.14 bits per heavy atom. The molecule has 2 aromatic carbocycles. The summed E-state index contributed by atoms with van der Waals surface area (Å²) in [5.74, 6) is 1.86. The molecule has 4 nitrogen and oxygen atoms in total. The number of hydrogen-bond acceptors (Lipinski definition) is 3. The predicted octanol–water partition coefficient (Wildman–Crippen LogP) is 4.93. The van der Waals surface area contributed by atoms with E-state index < -0.39 is 0 Å². The number of nitrogens with one attached hydrogen (secondary N) is 2. The van der Waals surface area contributed by atoms with Crippen LogP contribution in [-0.4, -0.2) is 28.7 Å². The van der Waals surface area contributed by atoms with E-state index in [1.807, 2.05) is 0 Å². The van der Waals surface area contributed by atoms with E-state index in [1.54, 1.807) is 0 Å². The Bertz CT molecular complexity index is 985. The minimum Gasteiger partial charge on any atom is -0.382 e. The maximum atomic E-state index is 5.26. The third-order valence-electron chi connectivity index (χ3n) is 6.90. The average Bonchev–Trinajstić information content (AvgIpc) is 3.12. The Kier molecular flexibility index (Phi) is 5.04. The van der Waals surface area contributed by atoms with E-state index in [9.17, 15) is 0 Å². The van der Waals surface area contributed by atoms with Gasteiger partial charge in [0.15, 0.2) is 0 Å². The lowest BCUT2D eigenvalue weighted by atomic mass is 9.92. The largest absolute Gasteiger partial charge is 0.382 e. The molecule has 3 atom stereocenters. The molecule has 5 rings (SSSR count). The Morgan fingerprint density at radius 2 is 2.00 bits per heavy atom. The number of fused-ring (bicyclic) bond motifs is 3. The number of anilines is 1. The van der Waals surface area contributed by atoms with Crippen molar-refractivity contribution in [2.75, 3.05) is 18.4 Å². The Labute approximate surface area is 173 Å². The average molecular weight is 389 g/mol. The zero-order valence-electron chi connectivity index (χ0n) is 17.6. The van der Waals surface area contributed by atoms with Gasteiger partial charge in [0.2, 0.25) is 0 Å². The second-order valence-electron chi connectivity index (χ2n) is 8.95. The van der Waals surface area contributed by atoms with E-state index in [2.05, 4.69) is 71.5 Å². The fourth-order valence-electron chi connectivity index (χ4n) is 5.21. The van der Waals surface area contributed by atoms with Crippen LogP contribution in [-0.2, 0) is 12.8 Å². The van der Waals surface area contributed by atoms with E-state index in [4.69, 9.17) is 4.98 Å². The number of nitrogens with zero attached hydrogens (tertiary/aromatic N) is 2. The standard InChI is InChI=1S/C25H32N4/c1-17-10-11-21-22(27-17)12-13-23-25(21)28-24(15-19-7-4-3-5-8-19)29(23)18(2)20-9-6-14-26-16-20/h3-5,7-8,12-13,17-18,20,26-27H,6,9-11,14-16H2,1-2H3/t17-,18+,20-/m0/s1. The normalized spacial score (nSPS) is 22.8. The molecule has 4 heteroatoms. The van der Waals surface area contributed by atoms with Crippen LogP contribution in [0.4, 0.5) is 5.69 Å². The first-order chi connectivity index (χ1) is 14.2. The van der Waals surface area contributed by atoms with E-state index in [1.165, 1.54) is 52.9 Å². The van der Waals surface area contributed by atoms with Crippen molar-refractivity contribution in [3.8, 4) is 0 Å². The number of imidazole rings is 1. The minimum absolute atomic E-state index is 0.444. The van der Waals surface area contributed by atoms with Crippen LogP contribution in [0, 0.1) is 5.92 Å². The maximum Gasteiger partial charge on any atom is 0.114 e. The van der Waals surface area contributed by atoms with Gasteiger partial charge in [-0.05, 0) is 76.2 Å². The van der Waals surface area contributed by atoms with Gasteiger partial charge in [-0.3, -0.25) is 0 Å². The van der Waals surface area contributed by atoms with Crippen LogP contribution in [0.2, 0.25) is 0 Å². The summed E-state index contributed by atoms with van der Waals surface area (Å²) in [6.07, 6.45) is 5.74. The number of hydrogen-bond donors (Lipinski definition) is 2. The first-order valence-corrected chi connectivity index (χ1v) is 11.2. The topological polar surface area (TPSA) is 41.9 Å². The molecule has 0 unspecified atom stereocenters. The van der Waals surface area contributed by atoms with Crippen LogP contribution in [0.15, 0.2) is 42.5 Å². The van der Waals surface area contributed by atoms with Gasteiger partial charge in [0, 0.05) is 29.8 Å². The maximum absolute atomic E-state index is 5.26. The van der Waals surface area contributed by atoms with Crippen molar-refractivity contribution in [2.24, 2.45) is 5.92 Å². The number of piperidine rings is 1. The molecule has 0 radical (unpaired) electrons. The van der Waals surface area contributed by atoms with Crippen molar-refractivity contribution in [2.45, 2.75) is 58.0 Å². The van der Waals surface area contributed by atoms with Crippen molar-refractivity contribution in [1.29, 1.82) is 0 Å². The summed E-state index contributed by atoms with van der Waals surface area (Å²) in [5, 5.41) is 7.27. The molecular weight excluding hydrogens is 356 g/mol. The highest BCUT2D eigenvalue weighted by atomic mass is 15.1. The Morgan fingerprint density at radius 3 is 2.79 bits per heavy atom. The van der Waals surface area contributed by atoms with Gasteiger partial charge in [-0.2, -0.15) is 0 Å². The van der Waals surface area contributed by atoms with Gasteiger partial charge < -0.3 is 15.2 Å². The van der Waals surface area contributed by atoms with Gasteiger partial charge in [0.05, 0.1) is 11.0 Å². The molecular formula is C25H32N4.